The van der Waals surface area contributed by atoms with Crippen LogP contribution in [0.2, 0.25) is 0 Å². The van der Waals surface area contributed by atoms with E-state index in [2.05, 4.69) is 5.32 Å². The number of hydrogen-bond donors (Lipinski definition) is 2. The number of carboxylic acids is 1. The first-order chi connectivity index (χ1) is 8.69. The normalized spacial score (nSPS) is 27.8. The van der Waals surface area contributed by atoms with E-state index in [-0.39, 0.29) is 18.9 Å². The van der Waals surface area contributed by atoms with Crippen molar-refractivity contribution >= 4 is 5.97 Å². The van der Waals surface area contributed by atoms with Crippen molar-refractivity contribution in [3.05, 3.63) is 0 Å². The molecular formula is C13H22F3NO2. The van der Waals surface area contributed by atoms with E-state index in [4.69, 9.17) is 0 Å². The number of nitrogens with one attached hydrogen (secondary N) is 1. The SMILES string of the molecule is CCCC(C)(NC1CCC(C(F)(F)F)CC1)C(=O)O. The number of alkyl halides is 3. The molecule has 0 saturated heterocycles. The molecule has 1 saturated carbocycles. The Morgan fingerprint density at radius 1 is 1.26 bits per heavy atom. The molecule has 2 N–H and O–H groups in total. The number of rotatable bonds is 5. The average Bonchev–Trinajstić information content (AvgIpc) is 2.28. The van der Waals surface area contributed by atoms with Crippen molar-refractivity contribution in [2.24, 2.45) is 5.92 Å². The molecule has 1 atom stereocenters. The molecule has 0 aliphatic heterocycles. The molecule has 0 heterocycles. The third kappa shape index (κ3) is 4.37. The van der Waals surface area contributed by atoms with Crippen LogP contribution >= 0.6 is 0 Å². The van der Waals surface area contributed by atoms with Gasteiger partial charge in [-0.05, 0) is 39.0 Å². The Bertz CT molecular complexity index is 312. The lowest BCUT2D eigenvalue weighted by Crippen LogP contribution is -2.54. The lowest BCUT2D eigenvalue weighted by atomic mass is 9.83. The molecule has 0 amide bonds. The predicted octanol–water partition coefficient (Wildman–Crippen LogP) is 3.34. The minimum Gasteiger partial charge on any atom is -0.480 e. The molecule has 1 rings (SSSR count). The minimum absolute atomic E-state index is 0.0863. The van der Waals surface area contributed by atoms with Crippen molar-refractivity contribution in [2.45, 2.75) is 70.1 Å². The van der Waals surface area contributed by atoms with E-state index in [0.717, 1.165) is 0 Å². The molecule has 0 radical (unpaired) electrons. The molecule has 0 spiro atoms. The van der Waals surface area contributed by atoms with Gasteiger partial charge in [0.25, 0.3) is 0 Å². The van der Waals surface area contributed by atoms with Crippen molar-refractivity contribution < 1.29 is 23.1 Å². The first-order valence-electron chi connectivity index (χ1n) is 6.77. The summed E-state index contributed by atoms with van der Waals surface area (Å²) in [6.07, 6.45) is -1.99. The number of halogens is 3. The highest BCUT2D eigenvalue weighted by Crippen LogP contribution is 2.38. The number of carbonyl (C=O) groups is 1. The second kappa shape index (κ2) is 6.11. The first-order valence-corrected chi connectivity index (χ1v) is 6.77. The quantitative estimate of drug-likeness (QED) is 0.812. The fraction of sp³-hybridized carbons (Fsp3) is 0.923. The van der Waals surface area contributed by atoms with E-state index >= 15 is 0 Å². The number of hydrogen-bond acceptors (Lipinski definition) is 2. The standard InChI is InChI=1S/C13H22F3NO2/c1-3-8-12(2,11(18)19)17-10-6-4-9(5-7-10)13(14,15)16/h9-10,17H,3-8H2,1-2H3,(H,18,19). The van der Waals surface area contributed by atoms with Gasteiger partial charge in [0.2, 0.25) is 0 Å². The van der Waals surface area contributed by atoms with Crippen molar-refractivity contribution in [2.75, 3.05) is 0 Å². The van der Waals surface area contributed by atoms with Gasteiger partial charge in [-0.25, -0.2) is 0 Å². The van der Waals surface area contributed by atoms with Gasteiger partial charge in [-0.15, -0.1) is 0 Å². The van der Waals surface area contributed by atoms with Gasteiger partial charge in [-0.2, -0.15) is 13.2 Å². The smallest absolute Gasteiger partial charge is 0.391 e. The molecule has 1 aliphatic carbocycles. The summed E-state index contributed by atoms with van der Waals surface area (Å²) in [6, 6.07) is -0.133. The Kier molecular flexibility index (Phi) is 5.24. The summed E-state index contributed by atoms with van der Waals surface area (Å²) in [5, 5.41) is 12.3. The maximum absolute atomic E-state index is 12.5. The van der Waals surface area contributed by atoms with Crippen LogP contribution in [-0.4, -0.2) is 28.8 Å². The zero-order valence-corrected chi connectivity index (χ0v) is 11.4. The molecule has 6 heteroatoms. The topological polar surface area (TPSA) is 49.3 Å². The number of carboxylic acid groups (broad SMARTS) is 1. The Balaban J connectivity index is 2.54. The van der Waals surface area contributed by atoms with Crippen LogP contribution in [0.25, 0.3) is 0 Å². The monoisotopic (exact) mass is 281 g/mol. The highest BCUT2D eigenvalue weighted by atomic mass is 19.4. The molecule has 0 aromatic heterocycles. The van der Waals surface area contributed by atoms with Crippen LogP contribution in [0.15, 0.2) is 0 Å². The van der Waals surface area contributed by atoms with E-state index in [9.17, 15) is 23.1 Å². The highest BCUT2D eigenvalue weighted by molar-refractivity contribution is 5.78. The fourth-order valence-corrected chi connectivity index (χ4v) is 2.76. The second-order valence-electron chi connectivity index (χ2n) is 5.62. The zero-order chi connectivity index (χ0) is 14.7. The molecule has 0 aromatic rings. The lowest BCUT2D eigenvalue weighted by molar-refractivity contribution is -0.183. The summed E-state index contributed by atoms with van der Waals surface area (Å²) in [5.41, 5.74) is -1.04. The third-order valence-electron chi connectivity index (χ3n) is 3.93. The summed E-state index contributed by atoms with van der Waals surface area (Å²) < 4.78 is 37.6. The van der Waals surface area contributed by atoms with Gasteiger partial charge >= 0.3 is 12.1 Å². The molecule has 112 valence electrons. The lowest BCUT2D eigenvalue weighted by Gasteiger charge is -2.36. The van der Waals surface area contributed by atoms with Crippen molar-refractivity contribution in [3.63, 3.8) is 0 Å². The van der Waals surface area contributed by atoms with E-state index < -0.39 is 23.6 Å². The molecule has 1 aliphatic rings. The molecule has 0 aromatic carbocycles. The van der Waals surface area contributed by atoms with Crippen LogP contribution in [0.5, 0.6) is 0 Å². The molecule has 0 bridgehead atoms. The molecule has 1 unspecified atom stereocenters. The maximum Gasteiger partial charge on any atom is 0.391 e. The Labute approximate surface area is 111 Å². The molecule has 3 nitrogen and oxygen atoms in total. The van der Waals surface area contributed by atoms with Gasteiger partial charge in [0.15, 0.2) is 0 Å². The largest absolute Gasteiger partial charge is 0.480 e. The van der Waals surface area contributed by atoms with Crippen LogP contribution in [0.3, 0.4) is 0 Å². The summed E-state index contributed by atoms with van der Waals surface area (Å²) in [7, 11) is 0. The molecule has 1 fully saturated rings. The maximum atomic E-state index is 12.5. The summed E-state index contributed by atoms with van der Waals surface area (Å²) in [6.45, 7) is 3.50. The van der Waals surface area contributed by atoms with E-state index in [0.29, 0.717) is 25.7 Å². The third-order valence-corrected chi connectivity index (χ3v) is 3.93. The van der Waals surface area contributed by atoms with Gasteiger partial charge in [-0.3, -0.25) is 10.1 Å². The van der Waals surface area contributed by atoms with Gasteiger partial charge in [-0.1, -0.05) is 13.3 Å². The summed E-state index contributed by atoms with van der Waals surface area (Å²) >= 11 is 0. The van der Waals surface area contributed by atoms with Crippen LogP contribution in [0.4, 0.5) is 13.2 Å². The van der Waals surface area contributed by atoms with E-state index in [1.807, 2.05) is 6.92 Å². The molecular weight excluding hydrogens is 259 g/mol. The van der Waals surface area contributed by atoms with Crippen LogP contribution in [0, 0.1) is 5.92 Å². The van der Waals surface area contributed by atoms with Gasteiger partial charge in [0.1, 0.15) is 5.54 Å². The van der Waals surface area contributed by atoms with Gasteiger partial charge in [0.05, 0.1) is 5.92 Å². The van der Waals surface area contributed by atoms with Gasteiger partial charge < -0.3 is 5.11 Å². The van der Waals surface area contributed by atoms with Crippen LogP contribution in [0.1, 0.15) is 52.4 Å². The second-order valence-corrected chi connectivity index (χ2v) is 5.62. The highest BCUT2D eigenvalue weighted by Gasteiger charge is 2.43. The van der Waals surface area contributed by atoms with E-state index in [1.54, 1.807) is 6.92 Å². The average molecular weight is 281 g/mol. The Morgan fingerprint density at radius 3 is 2.16 bits per heavy atom. The van der Waals surface area contributed by atoms with Crippen LogP contribution < -0.4 is 5.32 Å². The minimum atomic E-state index is -4.12. The zero-order valence-electron chi connectivity index (χ0n) is 11.4. The van der Waals surface area contributed by atoms with Crippen LogP contribution in [-0.2, 0) is 4.79 Å². The van der Waals surface area contributed by atoms with Crippen molar-refractivity contribution in [3.8, 4) is 0 Å². The number of aliphatic carboxylic acids is 1. The Hall–Kier alpha value is -0.780. The first kappa shape index (κ1) is 16.3. The molecule has 19 heavy (non-hydrogen) atoms. The fourth-order valence-electron chi connectivity index (χ4n) is 2.76. The summed E-state index contributed by atoms with van der Waals surface area (Å²) in [4.78, 5) is 11.3. The van der Waals surface area contributed by atoms with Crippen molar-refractivity contribution in [1.82, 2.24) is 5.32 Å². The Morgan fingerprint density at radius 2 is 1.79 bits per heavy atom. The van der Waals surface area contributed by atoms with E-state index in [1.165, 1.54) is 0 Å². The van der Waals surface area contributed by atoms with Gasteiger partial charge in [0, 0.05) is 6.04 Å². The van der Waals surface area contributed by atoms with Crippen molar-refractivity contribution in [1.29, 1.82) is 0 Å². The summed E-state index contributed by atoms with van der Waals surface area (Å²) in [5.74, 6) is -2.17. The predicted molar refractivity (Wildman–Crippen MR) is 65.9 cm³/mol.